The molecule has 0 aromatic heterocycles. The van der Waals surface area contributed by atoms with E-state index in [1.807, 2.05) is 12.1 Å². The number of rotatable bonds is 3. The molecule has 1 atom stereocenters. The number of fused-ring (bicyclic) bond motifs is 1. The van der Waals surface area contributed by atoms with Gasteiger partial charge in [0.2, 0.25) is 0 Å². The molecule has 0 fully saturated rings. The van der Waals surface area contributed by atoms with Gasteiger partial charge in [0.05, 0.1) is 7.11 Å². The SMILES string of the molecule is CCC1Cc2c(ccc(OC)c2-c2cc(C(C)(C)C)cc(C(C)(C)C)c2)C1=O. The third-order valence-corrected chi connectivity index (χ3v) is 6.03. The Balaban J connectivity index is 2.31. The topological polar surface area (TPSA) is 26.3 Å². The number of carbonyl (C=O) groups is 1. The van der Waals surface area contributed by atoms with Gasteiger partial charge in [-0.05, 0) is 58.1 Å². The number of Topliss-reactive ketones (excluding diaryl/α,β-unsaturated/α-hetero) is 1. The lowest BCUT2D eigenvalue weighted by atomic mass is 9.78. The summed E-state index contributed by atoms with van der Waals surface area (Å²) in [4.78, 5) is 12.8. The zero-order chi connectivity index (χ0) is 20.9. The molecule has 0 amide bonds. The molecule has 3 rings (SSSR count). The first kappa shape index (κ1) is 20.6. The minimum absolute atomic E-state index is 0.0446. The number of ketones is 1. The van der Waals surface area contributed by atoms with Crippen LogP contribution in [-0.2, 0) is 17.3 Å². The summed E-state index contributed by atoms with van der Waals surface area (Å²) >= 11 is 0. The first-order valence-electron chi connectivity index (χ1n) is 10.4. The summed E-state index contributed by atoms with van der Waals surface area (Å²) in [6, 6.07) is 10.8. The van der Waals surface area contributed by atoms with Gasteiger partial charge in [0, 0.05) is 17.0 Å². The fourth-order valence-electron chi connectivity index (χ4n) is 4.08. The van der Waals surface area contributed by atoms with Crippen LogP contribution in [0.3, 0.4) is 0 Å². The van der Waals surface area contributed by atoms with Gasteiger partial charge in [-0.2, -0.15) is 0 Å². The van der Waals surface area contributed by atoms with Crippen LogP contribution in [0, 0.1) is 5.92 Å². The van der Waals surface area contributed by atoms with E-state index in [9.17, 15) is 4.79 Å². The standard InChI is InChI=1S/C26H34O2/c1-9-16-14-21-20(24(16)27)10-11-22(28-8)23(21)17-12-18(25(2,3)4)15-19(13-17)26(5,6)7/h10-13,15-16H,9,14H2,1-8H3. The Morgan fingerprint density at radius 1 is 0.964 bits per heavy atom. The van der Waals surface area contributed by atoms with Crippen molar-refractivity contribution in [3.05, 3.63) is 52.6 Å². The quantitative estimate of drug-likeness (QED) is 0.592. The van der Waals surface area contributed by atoms with Crippen molar-refractivity contribution >= 4 is 5.78 Å². The van der Waals surface area contributed by atoms with Gasteiger partial charge in [0.25, 0.3) is 0 Å². The Morgan fingerprint density at radius 3 is 2.00 bits per heavy atom. The molecule has 2 nitrogen and oxygen atoms in total. The molecule has 0 spiro atoms. The second-order valence-electron chi connectivity index (χ2n) is 10.1. The van der Waals surface area contributed by atoms with Gasteiger partial charge in [0.1, 0.15) is 5.75 Å². The third kappa shape index (κ3) is 3.62. The number of hydrogen-bond donors (Lipinski definition) is 0. The van der Waals surface area contributed by atoms with E-state index in [2.05, 4.69) is 66.7 Å². The average Bonchev–Trinajstić information content (AvgIpc) is 2.95. The molecule has 1 aliphatic rings. The summed E-state index contributed by atoms with van der Waals surface area (Å²) in [6.07, 6.45) is 1.69. The Kier molecular flexibility index (Phi) is 5.20. The predicted octanol–water partition coefficient (Wildman–Crippen LogP) is 6.72. The highest BCUT2D eigenvalue weighted by Gasteiger charge is 2.33. The lowest BCUT2D eigenvalue weighted by molar-refractivity contribution is 0.0934. The first-order valence-corrected chi connectivity index (χ1v) is 10.4. The maximum Gasteiger partial charge on any atom is 0.166 e. The molecule has 1 unspecified atom stereocenters. The van der Waals surface area contributed by atoms with Crippen molar-refractivity contribution in [2.75, 3.05) is 7.11 Å². The van der Waals surface area contributed by atoms with E-state index >= 15 is 0 Å². The summed E-state index contributed by atoms with van der Waals surface area (Å²) in [5.41, 5.74) is 7.00. The van der Waals surface area contributed by atoms with Crippen molar-refractivity contribution in [3.8, 4) is 16.9 Å². The van der Waals surface area contributed by atoms with Crippen molar-refractivity contribution in [1.82, 2.24) is 0 Å². The fraction of sp³-hybridized carbons (Fsp3) is 0.500. The van der Waals surface area contributed by atoms with E-state index < -0.39 is 0 Å². The van der Waals surface area contributed by atoms with Crippen molar-refractivity contribution in [3.63, 3.8) is 0 Å². The molecule has 2 aromatic rings. The second-order valence-corrected chi connectivity index (χ2v) is 10.1. The van der Waals surface area contributed by atoms with E-state index in [0.717, 1.165) is 40.8 Å². The van der Waals surface area contributed by atoms with Gasteiger partial charge in [0.15, 0.2) is 5.78 Å². The van der Waals surface area contributed by atoms with Crippen LogP contribution >= 0.6 is 0 Å². The summed E-state index contributed by atoms with van der Waals surface area (Å²) in [5.74, 6) is 1.23. The van der Waals surface area contributed by atoms with E-state index in [-0.39, 0.29) is 22.5 Å². The first-order chi connectivity index (χ1) is 13.0. The number of benzene rings is 2. The van der Waals surface area contributed by atoms with Crippen LogP contribution in [0.25, 0.3) is 11.1 Å². The van der Waals surface area contributed by atoms with Gasteiger partial charge in [-0.1, -0.05) is 66.7 Å². The molecule has 28 heavy (non-hydrogen) atoms. The third-order valence-electron chi connectivity index (χ3n) is 6.03. The Morgan fingerprint density at radius 2 is 1.54 bits per heavy atom. The molecule has 0 bridgehead atoms. The summed E-state index contributed by atoms with van der Waals surface area (Å²) in [6.45, 7) is 15.6. The molecule has 0 aliphatic heterocycles. The van der Waals surface area contributed by atoms with Crippen LogP contribution in [-0.4, -0.2) is 12.9 Å². The Bertz CT molecular complexity index is 875. The van der Waals surface area contributed by atoms with Gasteiger partial charge in [-0.15, -0.1) is 0 Å². The highest BCUT2D eigenvalue weighted by molar-refractivity contribution is 6.04. The Hall–Kier alpha value is -2.09. The number of methoxy groups -OCH3 is 1. The normalized spacial score (nSPS) is 17.0. The van der Waals surface area contributed by atoms with Gasteiger partial charge in [-0.25, -0.2) is 0 Å². The second kappa shape index (κ2) is 7.06. The lowest BCUT2D eigenvalue weighted by Crippen LogP contribution is -2.16. The number of ether oxygens (including phenoxy) is 1. The molecule has 0 saturated carbocycles. The van der Waals surface area contributed by atoms with Gasteiger partial charge >= 0.3 is 0 Å². The molecule has 1 aliphatic carbocycles. The summed E-state index contributed by atoms with van der Waals surface area (Å²) in [7, 11) is 1.72. The molecule has 0 radical (unpaired) electrons. The molecule has 150 valence electrons. The minimum atomic E-state index is 0.0446. The van der Waals surface area contributed by atoms with E-state index in [1.54, 1.807) is 7.11 Å². The van der Waals surface area contributed by atoms with Crippen LogP contribution in [0.2, 0.25) is 0 Å². The molecular formula is C26H34O2. The van der Waals surface area contributed by atoms with Crippen LogP contribution < -0.4 is 4.74 Å². The van der Waals surface area contributed by atoms with Crippen LogP contribution in [0.15, 0.2) is 30.3 Å². The smallest absolute Gasteiger partial charge is 0.166 e. The maximum absolute atomic E-state index is 12.8. The van der Waals surface area contributed by atoms with Crippen molar-refractivity contribution in [1.29, 1.82) is 0 Å². The molecule has 0 N–H and O–H groups in total. The van der Waals surface area contributed by atoms with E-state index in [4.69, 9.17) is 4.74 Å². The molecule has 2 aromatic carbocycles. The largest absolute Gasteiger partial charge is 0.496 e. The number of carbonyl (C=O) groups excluding carboxylic acids is 1. The molecular weight excluding hydrogens is 344 g/mol. The highest BCUT2D eigenvalue weighted by Crippen LogP contribution is 2.44. The number of hydrogen-bond acceptors (Lipinski definition) is 2. The van der Waals surface area contributed by atoms with Gasteiger partial charge < -0.3 is 4.74 Å². The van der Waals surface area contributed by atoms with Crippen LogP contribution in [0.5, 0.6) is 5.75 Å². The molecule has 0 saturated heterocycles. The summed E-state index contributed by atoms with van der Waals surface area (Å²) in [5, 5.41) is 0. The Labute approximate surface area is 170 Å². The monoisotopic (exact) mass is 378 g/mol. The van der Waals surface area contributed by atoms with Crippen molar-refractivity contribution < 1.29 is 9.53 Å². The average molecular weight is 379 g/mol. The fourth-order valence-corrected chi connectivity index (χ4v) is 4.08. The zero-order valence-corrected chi connectivity index (χ0v) is 18.7. The van der Waals surface area contributed by atoms with Crippen molar-refractivity contribution in [2.24, 2.45) is 5.92 Å². The summed E-state index contributed by atoms with van der Waals surface area (Å²) < 4.78 is 5.77. The predicted molar refractivity (Wildman–Crippen MR) is 118 cm³/mol. The van der Waals surface area contributed by atoms with Crippen molar-refractivity contribution in [2.45, 2.75) is 72.1 Å². The molecule has 0 heterocycles. The lowest BCUT2D eigenvalue weighted by Gasteiger charge is -2.27. The zero-order valence-electron chi connectivity index (χ0n) is 18.7. The van der Waals surface area contributed by atoms with Crippen LogP contribution in [0.4, 0.5) is 0 Å². The van der Waals surface area contributed by atoms with E-state index in [1.165, 1.54) is 11.1 Å². The van der Waals surface area contributed by atoms with Crippen LogP contribution in [0.1, 0.15) is 81.9 Å². The maximum atomic E-state index is 12.8. The van der Waals surface area contributed by atoms with Gasteiger partial charge in [-0.3, -0.25) is 4.79 Å². The molecule has 2 heteroatoms. The minimum Gasteiger partial charge on any atom is -0.496 e. The highest BCUT2D eigenvalue weighted by atomic mass is 16.5. The van der Waals surface area contributed by atoms with E-state index in [0.29, 0.717) is 0 Å².